The minimum absolute atomic E-state index is 0.0872. The van der Waals surface area contributed by atoms with Gasteiger partial charge in [0.25, 0.3) is 0 Å². The number of hydrogen-bond acceptors (Lipinski definition) is 2. The molecular weight excluding hydrogens is 252 g/mol. The molecule has 1 aliphatic rings. The van der Waals surface area contributed by atoms with Crippen LogP contribution < -0.4 is 0 Å². The lowest BCUT2D eigenvalue weighted by molar-refractivity contribution is -0.136. The topological polar surface area (TPSA) is 26.3 Å². The Hall–Kier alpha value is -1.59. The Labute approximate surface area is 101 Å². The third-order valence-electron chi connectivity index (χ3n) is 2.76. The molecule has 1 aromatic rings. The Morgan fingerprint density at radius 1 is 1.28 bits per heavy atom. The maximum atomic E-state index is 12.9. The normalized spacial score (nSPS) is 18.7. The summed E-state index contributed by atoms with van der Waals surface area (Å²) in [7, 11) is 0. The Morgan fingerprint density at radius 2 is 2.00 bits per heavy atom. The molecule has 2 rings (SSSR count). The Kier molecular flexibility index (Phi) is 3.28. The van der Waals surface area contributed by atoms with E-state index in [1.54, 1.807) is 0 Å². The molecule has 0 radical (unpaired) electrons. The van der Waals surface area contributed by atoms with Crippen LogP contribution in [-0.2, 0) is 4.74 Å². The summed E-state index contributed by atoms with van der Waals surface area (Å²) in [5.74, 6) is -1.25. The summed E-state index contributed by atoms with van der Waals surface area (Å²) >= 11 is 0. The summed E-state index contributed by atoms with van der Waals surface area (Å²) in [4.78, 5) is 11.4. The number of halogens is 4. The maximum Gasteiger partial charge on any atom is 0.389 e. The molecule has 1 atom stereocenters. The molecule has 0 fully saturated rings. The smallest absolute Gasteiger partial charge is 0.389 e. The molecule has 0 aliphatic carbocycles. The van der Waals surface area contributed by atoms with Crippen LogP contribution >= 0.6 is 0 Å². The summed E-state index contributed by atoms with van der Waals surface area (Å²) in [5, 5.41) is 0. The number of hydrogen-bond donors (Lipinski definition) is 0. The van der Waals surface area contributed by atoms with Crippen molar-refractivity contribution in [3.63, 3.8) is 0 Å². The largest absolute Gasteiger partial charge is 0.454 e. The van der Waals surface area contributed by atoms with Crippen molar-refractivity contribution in [1.82, 2.24) is 0 Å². The minimum Gasteiger partial charge on any atom is -0.454 e. The zero-order chi connectivity index (χ0) is 13.3. The first kappa shape index (κ1) is 12.9. The van der Waals surface area contributed by atoms with E-state index in [4.69, 9.17) is 4.74 Å². The van der Waals surface area contributed by atoms with Crippen molar-refractivity contribution in [3.8, 4) is 0 Å². The second kappa shape index (κ2) is 4.59. The third-order valence-corrected chi connectivity index (χ3v) is 2.76. The monoisotopic (exact) mass is 262 g/mol. The van der Waals surface area contributed by atoms with E-state index in [0.29, 0.717) is 5.56 Å². The van der Waals surface area contributed by atoms with E-state index in [1.807, 2.05) is 0 Å². The molecule has 1 aliphatic heterocycles. The maximum absolute atomic E-state index is 12.9. The molecule has 18 heavy (non-hydrogen) atoms. The summed E-state index contributed by atoms with van der Waals surface area (Å²) in [6.45, 7) is 0. The number of cyclic esters (lactones) is 1. The van der Waals surface area contributed by atoms with Gasteiger partial charge in [-0.15, -0.1) is 0 Å². The summed E-state index contributed by atoms with van der Waals surface area (Å²) in [6.07, 6.45) is -5.87. The molecule has 98 valence electrons. The molecule has 0 bridgehead atoms. The van der Waals surface area contributed by atoms with Crippen molar-refractivity contribution in [2.75, 3.05) is 0 Å². The van der Waals surface area contributed by atoms with Gasteiger partial charge in [-0.1, -0.05) is 6.07 Å². The SMILES string of the molecule is O=C1OC(CCCC(F)(F)F)c2ccc(F)cc21. The van der Waals surface area contributed by atoms with Gasteiger partial charge in [0.1, 0.15) is 11.9 Å². The number of alkyl halides is 3. The van der Waals surface area contributed by atoms with Gasteiger partial charge < -0.3 is 4.74 Å². The van der Waals surface area contributed by atoms with Crippen LogP contribution in [0.5, 0.6) is 0 Å². The average Bonchev–Trinajstić information content (AvgIpc) is 2.54. The lowest BCUT2D eigenvalue weighted by atomic mass is 10.0. The predicted molar refractivity (Wildman–Crippen MR) is 54.5 cm³/mol. The first-order chi connectivity index (χ1) is 8.37. The van der Waals surface area contributed by atoms with Crippen LogP contribution in [0.3, 0.4) is 0 Å². The highest BCUT2D eigenvalue weighted by Gasteiger charge is 2.33. The van der Waals surface area contributed by atoms with Crippen molar-refractivity contribution < 1.29 is 27.1 Å². The quantitative estimate of drug-likeness (QED) is 0.612. The van der Waals surface area contributed by atoms with Crippen LogP contribution in [0.1, 0.15) is 41.3 Å². The average molecular weight is 262 g/mol. The van der Waals surface area contributed by atoms with E-state index >= 15 is 0 Å². The van der Waals surface area contributed by atoms with Crippen LogP contribution in [0.2, 0.25) is 0 Å². The van der Waals surface area contributed by atoms with Crippen LogP contribution in [0.15, 0.2) is 18.2 Å². The van der Waals surface area contributed by atoms with E-state index in [1.165, 1.54) is 6.07 Å². The number of benzene rings is 1. The van der Waals surface area contributed by atoms with E-state index in [-0.39, 0.29) is 18.4 Å². The number of fused-ring (bicyclic) bond motifs is 1. The lowest BCUT2D eigenvalue weighted by Gasteiger charge is -2.11. The highest BCUT2D eigenvalue weighted by atomic mass is 19.4. The first-order valence-electron chi connectivity index (χ1n) is 5.44. The van der Waals surface area contributed by atoms with Crippen molar-refractivity contribution >= 4 is 5.97 Å². The predicted octanol–water partition coefficient (Wildman–Crippen LogP) is 3.77. The highest BCUT2D eigenvalue weighted by molar-refractivity contribution is 5.94. The van der Waals surface area contributed by atoms with Crippen molar-refractivity contribution in [2.45, 2.75) is 31.5 Å². The van der Waals surface area contributed by atoms with Crippen molar-refractivity contribution in [3.05, 3.63) is 35.1 Å². The summed E-state index contributed by atoms with van der Waals surface area (Å²) < 4.78 is 53.8. The van der Waals surface area contributed by atoms with Gasteiger partial charge >= 0.3 is 12.1 Å². The summed E-state index contributed by atoms with van der Waals surface area (Å²) in [6, 6.07) is 3.59. The Balaban J connectivity index is 2.04. The fourth-order valence-electron chi connectivity index (χ4n) is 1.94. The molecule has 1 heterocycles. The zero-order valence-corrected chi connectivity index (χ0v) is 9.26. The fraction of sp³-hybridized carbons (Fsp3) is 0.417. The number of ether oxygens (including phenoxy) is 1. The molecule has 0 amide bonds. The standard InChI is InChI=1S/C12H10F4O2/c13-7-3-4-8-9(6-7)11(17)18-10(8)2-1-5-12(14,15)16/h3-4,6,10H,1-2,5H2. The molecule has 0 spiro atoms. The van der Waals surface area contributed by atoms with E-state index < -0.39 is 30.5 Å². The molecule has 1 unspecified atom stereocenters. The third kappa shape index (κ3) is 2.80. The van der Waals surface area contributed by atoms with Gasteiger partial charge in [0, 0.05) is 12.0 Å². The molecule has 0 N–H and O–H groups in total. The second-order valence-corrected chi connectivity index (χ2v) is 4.13. The van der Waals surface area contributed by atoms with Gasteiger partial charge in [-0.3, -0.25) is 0 Å². The van der Waals surface area contributed by atoms with E-state index in [0.717, 1.165) is 12.1 Å². The molecule has 1 aromatic carbocycles. The van der Waals surface area contributed by atoms with E-state index in [2.05, 4.69) is 0 Å². The van der Waals surface area contributed by atoms with Crippen LogP contribution in [0.25, 0.3) is 0 Å². The lowest BCUT2D eigenvalue weighted by Crippen LogP contribution is -2.08. The fourth-order valence-corrected chi connectivity index (χ4v) is 1.94. The Bertz CT molecular complexity index is 468. The van der Waals surface area contributed by atoms with Gasteiger partial charge in [-0.2, -0.15) is 13.2 Å². The molecule has 0 saturated heterocycles. The second-order valence-electron chi connectivity index (χ2n) is 4.13. The van der Waals surface area contributed by atoms with E-state index in [9.17, 15) is 22.4 Å². The molecule has 2 nitrogen and oxygen atoms in total. The van der Waals surface area contributed by atoms with Crippen LogP contribution in [-0.4, -0.2) is 12.1 Å². The van der Waals surface area contributed by atoms with Gasteiger partial charge in [0.2, 0.25) is 0 Å². The van der Waals surface area contributed by atoms with Gasteiger partial charge in [-0.05, 0) is 25.0 Å². The molecular formula is C12H10F4O2. The van der Waals surface area contributed by atoms with Gasteiger partial charge in [0.05, 0.1) is 5.56 Å². The minimum atomic E-state index is -4.21. The number of carbonyl (C=O) groups is 1. The van der Waals surface area contributed by atoms with Crippen LogP contribution in [0, 0.1) is 5.82 Å². The number of esters is 1. The van der Waals surface area contributed by atoms with Gasteiger partial charge in [-0.25, -0.2) is 9.18 Å². The molecule has 6 heteroatoms. The molecule has 0 saturated carbocycles. The number of carbonyl (C=O) groups excluding carboxylic acids is 1. The van der Waals surface area contributed by atoms with Crippen molar-refractivity contribution in [2.24, 2.45) is 0 Å². The van der Waals surface area contributed by atoms with Crippen molar-refractivity contribution in [1.29, 1.82) is 0 Å². The number of rotatable bonds is 3. The van der Waals surface area contributed by atoms with Crippen LogP contribution in [0.4, 0.5) is 17.6 Å². The first-order valence-corrected chi connectivity index (χ1v) is 5.44. The van der Waals surface area contributed by atoms with Gasteiger partial charge in [0.15, 0.2) is 0 Å². The molecule has 0 aromatic heterocycles. The Morgan fingerprint density at radius 3 is 2.67 bits per heavy atom. The zero-order valence-electron chi connectivity index (χ0n) is 9.26. The summed E-state index contributed by atoms with van der Waals surface area (Å²) in [5.41, 5.74) is 0.565. The highest BCUT2D eigenvalue weighted by Crippen LogP contribution is 2.35.